The normalized spacial score (nSPS) is 11.2. The number of carbonyl (C=O) groups is 1. The van der Waals surface area contributed by atoms with Gasteiger partial charge in [0.25, 0.3) is 15.9 Å². The quantitative estimate of drug-likeness (QED) is 0.625. The fourth-order valence-electron chi connectivity index (χ4n) is 2.63. The summed E-state index contributed by atoms with van der Waals surface area (Å²) in [6, 6.07) is 16.5. The van der Waals surface area contributed by atoms with E-state index < -0.39 is 21.7 Å². The van der Waals surface area contributed by atoms with Gasteiger partial charge in [0.15, 0.2) is 0 Å². The van der Waals surface area contributed by atoms with Crippen LogP contribution in [0.2, 0.25) is 5.02 Å². The van der Waals surface area contributed by atoms with Crippen molar-refractivity contribution in [1.29, 1.82) is 0 Å². The first kappa shape index (κ1) is 20.8. The predicted octanol–water partition coefficient (Wildman–Crippen LogP) is 4.86. The minimum absolute atomic E-state index is 0.111. The van der Waals surface area contributed by atoms with Crippen molar-refractivity contribution < 1.29 is 17.6 Å². The summed E-state index contributed by atoms with van der Waals surface area (Å²) in [5.74, 6) is -1.06. The molecule has 0 spiro atoms. The average Bonchev–Trinajstić information content (AvgIpc) is 2.70. The molecule has 3 aromatic rings. The van der Waals surface area contributed by atoms with Gasteiger partial charge in [0, 0.05) is 18.3 Å². The lowest BCUT2D eigenvalue weighted by atomic mass is 10.2. The zero-order valence-corrected chi connectivity index (χ0v) is 17.3. The topological polar surface area (TPSA) is 66.5 Å². The number of nitrogens with zero attached hydrogens (tertiary/aromatic N) is 1. The van der Waals surface area contributed by atoms with E-state index in [4.69, 9.17) is 11.6 Å². The summed E-state index contributed by atoms with van der Waals surface area (Å²) in [6.07, 6.45) is 0. The zero-order chi connectivity index (χ0) is 21.2. The summed E-state index contributed by atoms with van der Waals surface area (Å²) in [5, 5.41) is 2.50. The van der Waals surface area contributed by atoms with Crippen molar-refractivity contribution >= 4 is 38.9 Å². The van der Waals surface area contributed by atoms with Gasteiger partial charge in [-0.1, -0.05) is 35.4 Å². The van der Waals surface area contributed by atoms with E-state index in [1.165, 1.54) is 37.4 Å². The Kier molecular flexibility index (Phi) is 5.91. The van der Waals surface area contributed by atoms with Crippen LogP contribution in [0.5, 0.6) is 0 Å². The smallest absolute Gasteiger partial charge is 0.264 e. The highest BCUT2D eigenvalue weighted by atomic mass is 35.5. The number of carbonyl (C=O) groups excluding carboxylic acids is 1. The molecule has 0 heterocycles. The van der Waals surface area contributed by atoms with Crippen LogP contribution in [0.25, 0.3) is 0 Å². The Labute approximate surface area is 173 Å². The first-order valence-corrected chi connectivity index (χ1v) is 10.4. The van der Waals surface area contributed by atoms with Crippen LogP contribution in [0.15, 0.2) is 71.6 Å². The molecule has 150 valence electrons. The Morgan fingerprint density at radius 1 is 1.03 bits per heavy atom. The number of sulfonamides is 1. The molecule has 0 fully saturated rings. The standard InChI is InChI=1S/C21H18ClFN2O3S/c1-14-6-9-18(10-7-14)29(27,28)25(2)17-5-3-4-15(12-17)21(26)24-16-8-11-20(23)19(22)13-16/h3-13H,1-2H3,(H,24,26). The molecule has 0 aliphatic carbocycles. The summed E-state index contributed by atoms with van der Waals surface area (Å²) >= 11 is 5.73. The number of aryl methyl sites for hydroxylation is 1. The molecule has 0 saturated carbocycles. The summed E-state index contributed by atoms with van der Waals surface area (Å²) < 4.78 is 40.1. The molecular weight excluding hydrogens is 415 g/mol. The molecule has 0 unspecified atom stereocenters. The molecule has 1 amide bonds. The number of halogens is 2. The molecule has 0 saturated heterocycles. The van der Waals surface area contributed by atoms with Gasteiger partial charge in [0.2, 0.25) is 0 Å². The minimum Gasteiger partial charge on any atom is -0.322 e. The average molecular weight is 433 g/mol. The van der Waals surface area contributed by atoms with Crippen LogP contribution in [-0.2, 0) is 10.0 Å². The van der Waals surface area contributed by atoms with E-state index in [1.54, 1.807) is 30.3 Å². The molecule has 1 N–H and O–H groups in total. The number of amides is 1. The SMILES string of the molecule is Cc1ccc(S(=O)(=O)N(C)c2cccc(C(=O)Nc3ccc(F)c(Cl)c3)c2)cc1. The fourth-order valence-corrected chi connectivity index (χ4v) is 4.00. The van der Waals surface area contributed by atoms with Crippen molar-refractivity contribution in [3.63, 3.8) is 0 Å². The molecule has 29 heavy (non-hydrogen) atoms. The van der Waals surface area contributed by atoms with Crippen molar-refractivity contribution in [3.8, 4) is 0 Å². The molecule has 8 heteroatoms. The van der Waals surface area contributed by atoms with E-state index in [9.17, 15) is 17.6 Å². The van der Waals surface area contributed by atoms with E-state index in [2.05, 4.69) is 5.32 Å². The largest absolute Gasteiger partial charge is 0.322 e. The second kappa shape index (κ2) is 8.23. The molecule has 5 nitrogen and oxygen atoms in total. The van der Waals surface area contributed by atoms with Crippen LogP contribution < -0.4 is 9.62 Å². The number of rotatable bonds is 5. The van der Waals surface area contributed by atoms with Crippen molar-refractivity contribution in [3.05, 3.63) is 88.7 Å². The van der Waals surface area contributed by atoms with Crippen LogP contribution in [0, 0.1) is 12.7 Å². The third-order valence-corrected chi connectivity index (χ3v) is 6.42. The summed E-state index contributed by atoms with van der Waals surface area (Å²) in [4.78, 5) is 12.7. The maximum Gasteiger partial charge on any atom is 0.264 e. The first-order valence-electron chi connectivity index (χ1n) is 8.60. The highest BCUT2D eigenvalue weighted by Crippen LogP contribution is 2.24. The summed E-state index contributed by atoms with van der Waals surface area (Å²) in [7, 11) is -2.36. The zero-order valence-electron chi connectivity index (χ0n) is 15.7. The van der Waals surface area contributed by atoms with Gasteiger partial charge in [-0.15, -0.1) is 0 Å². The Morgan fingerprint density at radius 3 is 2.38 bits per heavy atom. The molecule has 0 atom stereocenters. The fraction of sp³-hybridized carbons (Fsp3) is 0.0952. The first-order chi connectivity index (χ1) is 13.7. The van der Waals surface area contributed by atoms with Crippen LogP contribution in [-0.4, -0.2) is 21.4 Å². The maximum absolute atomic E-state index is 13.3. The molecular formula is C21H18ClFN2O3S. The Hall–Kier alpha value is -2.90. The summed E-state index contributed by atoms with van der Waals surface area (Å²) in [5.41, 5.74) is 1.85. The van der Waals surface area contributed by atoms with E-state index in [-0.39, 0.29) is 15.5 Å². The lowest BCUT2D eigenvalue weighted by molar-refractivity contribution is 0.102. The second-order valence-electron chi connectivity index (χ2n) is 6.42. The Morgan fingerprint density at radius 2 is 1.72 bits per heavy atom. The number of hydrogen-bond acceptors (Lipinski definition) is 3. The lowest BCUT2D eigenvalue weighted by Gasteiger charge is -2.20. The monoisotopic (exact) mass is 432 g/mol. The minimum atomic E-state index is -3.78. The third-order valence-electron chi connectivity index (χ3n) is 4.33. The van der Waals surface area contributed by atoms with Gasteiger partial charge < -0.3 is 5.32 Å². The molecule has 0 aromatic heterocycles. The van der Waals surface area contributed by atoms with Crippen LogP contribution in [0.1, 0.15) is 15.9 Å². The Bertz CT molecular complexity index is 1160. The highest BCUT2D eigenvalue weighted by Gasteiger charge is 2.22. The number of benzene rings is 3. The molecule has 0 aliphatic heterocycles. The summed E-state index contributed by atoms with van der Waals surface area (Å²) in [6.45, 7) is 1.87. The lowest BCUT2D eigenvalue weighted by Crippen LogP contribution is -2.26. The number of nitrogens with one attached hydrogen (secondary N) is 1. The molecule has 0 bridgehead atoms. The van der Waals surface area contributed by atoms with Crippen molar-refractivity contribution in [2.45, 2.75) is 11.8 Å². The predicted molar refractivity (Wildman–Crippen MR) is 113 cm³/mol. The van der Waals surface area contributed by atoms with Gasteiger partial charge in [-0.05, 0) is 55.5 Å². The van der Waals surface area contributed by atoms with Gasteiger partial charge in [0.1, 0.15) is 5.82 Å². The molecule has 0 aliphatic rings. The van der Waals surface area contributed by atoms with Crippen molar-refractivity contribution in [1.82, 2.24) is 0 Å². The molecule has 3 rings (SSSR count). The van der Waals surface area contributed by atoms with Gasteiger partial charge in [-0.25, -0.2) is 12.8 Å². The van der Waals surface area contributed by atoms with Crippen molar-refractivity contribution in [2.75, 3.05) is 16.7 Å². The number of hydrogen-bond donors (Lipinski definition) is 1. The van der Waals surface area contributed by atoms with E-state index in [0.29, 0.717) is 11.4 Å². The van der Waals surface area contributed by atoms with Gasteiger partial charge in [-0.2, -0.15) is 0 Å². The van der Waals surface area contributed by atoms with E-state index in [1.807, 2.05) is 6.92 Å². The molecule has 0 radical (unpaired) electrons. The van der Waals surface area contributed by atoms with Crippen molar-refractivity contribution in [2.24, 2.45) is 0 Å². The molecule has 3 aromatic carbocycles. The maximum atomic E-state index is 13.3. The van der Waals surface area contributed by atoms with Crippen LogP contribution in [0.4, 0.5) is 15.8 Å². The Balaban J connectivity index is 1.85. The number of anilines is 2. The van der Waals surface area contributed by atoms with Crippen LogP contribution >= 0.6 is 11.6 Å². The third kappa shape index (κ3) is 4.58. The second-order valence-corrected chi connectivity index (χ2v) is 8.80. The van der Waals surface area contributed by atoms with E-state index in [0.717, 1.165) is 15.9 Å². The van der Waals surface area contributed by atoms with E-state index >= 15 is 0 Å². The van der Waals surface area contributed by atoms with Gasteiger partial charge >= 0.3 is 0 Å². The highest BCUT2D eigenvalue weighted by molar-refractivity contribution is 7.92. The van der Waals surface area contributed by atoms with Gasteiger partial charge in [-0.3, -0.25) is 9.10 Å². The van der Waals surface area contributed by atoms with Crippen LogP contribution in [0.3, 0.4) is 0 Å². The van der Waals surface area contributed by atoms with Gasteiger partial charge in [0.05, 0.1) is 15.6 Å².